The Labute approximate surface area is 87.6 Å². The number of rotatable bonds is 5. The van der Waals surface area contributed by atoms with Gasteiger partial charge in [-0.1, -0.05) is 13.8 Å². The monoisotopic (exact) mass is 200 g/mol. The molecule has 14 heavy (non-hydrogen) atoms. The van der Waals surface area contributed by atoms with E-state index in [2.05, 4.69) is 31.5 Å². The summed E-state index contributed by atoms with van der Waals surface area (Å²) in [6.07, 6.45) is 2.40. The van der Waals surface area contributed by atoms with Crippen molar-refractivity contribution in [3.63, 3.8) is 0 Å². The molecule has 3 heteroatoms. The number of hydrogen-bond acceptors (Lipinski definition) is 3. The largest absolute Gasteiger partial charge is 0.381 e. The summed E-state index contributed by atoms with van der Waals surface area (Å²) in [4.78, 5) is 0. The Hall–Kier alpha value is -0.120. The molecule has 0 saturated carbocycles. The topological polar surface area (TPSA) is 33.3 Å². The molecule has 0 radical (unpaired) electrons. The van der Waals surface area contributed by atoms with Crippen LogP contribution in [0.15, 0.2) is 0 Å². The third-order valence-electron chi connectivity index (χ3n) is 2.95. The number of hydrogen-bond donors (Lipinski definition) is 2. The van der Waals surface area contributed by atoms with Gasteiger partial charge in [-0.25, -0.2) is 0 Å². The van der Waals surface area contributed by atoms with E-state index in [1.807, 2.05) is 0 Å². The lowest BCUT2D eigenvalue weighted by Crippen LogP contribution is -2.45. The Morgan fingerprint density at radius 1 is 1.29 bits per heavy atom. The van der Waals surface area contributed by atoms with Gasteiger partial charge in [0, 0.05) is 31.8 Å². The number of nitrogens with one attached hydrogen (secondary N) is 2. The molecule has 3 nitrogen and oxygen atoms in total. The first kappa shape index (κ1) is 12.0. The highest BCUT2D eigenvalue weighted by Gasteiger charge is 2.22. The molecule has 0 aromatic carbocycles. The van der Waals surface area contributed by atoms with Crippen molar-refractivity contribution in [1.82, 2.24) is 10.6 Å². The van der Waals surface area contributed by atoms with Crippen LogP contribution in [-0.4, -0.2) is 38.9 Å². The summed E-state index contributed by atoms with van der Waals surface area (Å²) < 4.78 is 5.37. The minimum absolute atomic E-state index is 0.575. The smallest absolute Gasteiger partial charge is 0.0469 e. The lowest BCUT2D eigenvalue weighted by molar-refractivity contribution is 0.0545. The Kier molecular flexibility index (Phi) is 5.45. The highest BCUT2D eigenvalue weighted by atomic mass is 16.5. The normalized spacial score (nSPS) is 21.4. The fourth-order valence-electron chi connectivity index (χ4n) is 1.99. The van der Waals surface area contributed by atoms with Crippen molar-refractivity contribution in [2.75, 3.05) is 26.8 Å². The first-order valence-electron chi connectivity index (χ1n) is 5.72. The number of likely N-dealkylation sites (N-methyl/N-ethyl adjacent to an activating group) is 1. The SMILES string of the molecule is CNC(CNC(C)C)C1CCOCC1. The molecule has 0 aromatic heterocycles. The third-order valence-corrected chi connectivity index (χ3v) is 2.95. The van der Waals surface area contributed by atoms with Crippen molar-refractivity contribution in [2.45, 2.75) is 38.8 Å². The third kappa shape index (κ3) is 3.95. The van der Waals surface area contributed by atoms with Crippen molar-refractivity contribution in [2.24, 2.45) is 5.92 Å². The van der Waals surface area contributed by atoms with Crippen molar-refractivity contribution in [1.29, 1.82) is 0 Å². The average molecular weight is 200 g/mol. The summed E-state index contributed by atoms with van der Waals surface area (Å²) in [5, 5.41) is 6.90. The van der Waals surface area contributed by atoms with Crippen LogP contribution < -0.4 is 10.6 Å². The molecular weight excluding hydrogens is 176 g/mol. The van der Waals surface area contributed by atoms with E-state index in [0.717, 1.165) is 25.7 Å². The second-order valence-electron chi connectivity index (χ2n) is 4.41. The molecule has 2 N–H and O–H groups in total. The zero-order valence-electron chi connectivity index (χ0n) is 9.68. The van der Waals surface area contributed by atoms with E-state index >= 15 is 0 Å². The fraction of sp³-hybridized carbons (Fsp3) is 1.00. The quantitative estimate of drug-likeness (QED) is 0.694. The Balaban J connectivity index is 2.28. The molecule has 1 unspecified atom stereocenters. The maximum atomic E-state index is 5.37. The van der Waals surface area contributed by atoms with E-state index in [1.54, 1.807) is 0 Å². The van der Waals surface area contributed by atoms with Crippen LogP contribution in [0.5, 0.6) is 0 Å². The van der Waals surface area contributed by atoms with Crippen LogP contribution in [0, 0.1) is 5.92 Å². The average Bonchev–Trinajstić information content (AvgIpc) is 2.20. The molecule has 84 valence electrons. The zero-order valence-corrected chi connectivity index (χ0v) is 9.68. The van der Waals surface area contributed by atoms with Crippen LogP contribution in [0.4, 0.5) is 0 Å². The standard InChI is InChI=1S/C11H24N2O/c1-9(2)13-8-11(12-3)10-4-6-14-7-5-10/h9-13H,4-8H2,1-3H3. The highest BCUT2D eigenvalue weighted by molar-refractivity contribution is 4.79. The molecule has 1 saturated heterocycles. The van der Waals surface area contributed by atoms with Gasteiger partial charge in [0.2, 0.25) is 0 Å². The van der Waals surface area contributed by atoms with Crippen LogP contribution in [-0.2, 0) is 4.74 Å². The summed E-state index contributed by atoms with van der Waals surface area (Å²) in [6, 6.07) is 1.17. The molecule has 0 spiro atoms. The highest BCUT2D eigenvalue weighted by Crippen LogP contribution is 2.18. The van der Waals surface area contributed by atoms with E-state index in [-0.39, 0.29) is 0 Å². The molecule has 1 fully saturated rings. The van der Waals surface area contributed by atoms with Gasteiger partial charge in [0.25, 0.3) is 0 Å². The molecule has 0 aliphatic carbocycles. The maximum absolute atomic E-state index is 5.37. The Morgan fingerprint density at radius 3 is 2.43 bits per heavy atom. The first-order valence-corrected chi connectivity index (χ1v) is 5.72. The molecule has 0 aromatic rings. The summed E-state index contributed by atoms with van der Waals surface area (Å²) in [6.45, 7) is 7.32. The fourth-order valence-corrected chi connectivity index (χ4v) is 1.99. The van der Waals surface area contributed by atoms with Crippen LogP contribution in [0.25, 0.3) is 0 Å². The van der Waals surface area contributed by atoms with Crippen LogP contribution >= 0.6 is 0 Å². The first-order chi connectivity index (χ1) is 6.74. The van der Waals surface area contributed by atoms with Crippen molar-refractivity contribution >= 4 is 0 Å². The molecule has 1 aliphatic heterocycles. The summed E-state index contributed by atoms with van der Waals surface area (Å²) in [7, 11) is 2.06. The van der Waals surface area contributed by atoms with Gasteiger partial charge in [-0.05, 0) is 25.8 Å². The molecule has 1 heterocycles. The van der Waals surface area contributed by atoms with Gasteiger partial charge in [-0.2, -0.15) is 0 Å². The summed E-state index contributed by atoms with van der Waals surface area (Å²) in [5.74, 6) is 0.778. The lowest BCUT2D eigenvalue weighted by Gasteiger charge is -2.30. The van der Waals surface area contributed by atoms with E-state index in [4.69, 9.17) is 4.74 Å². The van der Waals surface area contributed by atoms with Crippen molar-refractivity contribution in [3.8, 4) is 0 Å². The van der Waals surface area contributed by atoms with Crippen molar-refractivity contribution in [3.05, 3.63) is 0 Å². The van der Waals surface area contributed by atoms with Crippen LogP contribution in [0.3, 0.4) is 0 Å². The molecule has 0 bridgehead atoms. The van der Waals surface area contributed by atoms with Gasteiger partial charge in [-0.3, -0.25) is 0 Å². The van der Waals surface area contributed by atoms with Gasteiger partial charge in [-0.15, -0.1) is 0 Å². The van der Waals surface area contributed by atoms with E-state index < -0.39 is 0 Å². The molecule has 1 aliphatic rings. The van der Waals surface area contributed by atoms with Gasteiger partial charge >= 0.3 is 0 Å². The lowest BCUT2D eigenvalue weighted by atomic mass is 9.91. The molecule has 1 rings (SSSR count). The second kappa shape index (κ2) is 6.38. The van der Waals surface area contributed by atoms with Gasteiger partial charge < -0.3 is 15.4 Å². The predicted octanol–water partition coefficient (Wildman–Crippen LogP) is 0.999. The Bertz CT molecular complexity index is 144. The minimum Gasteiger partial charge on any atom is -0.381 e. The summed E-state index contributed by atoms with van der Waals surface area (Å²) in [5.41, 5.74) is 0. The maximum Gasteiger partial charge on any atom is 0.0469 e. The predicted molar refractivity (Wildman–Crippen MR) is 59.5 cm³/mol. The summed E-state index contributed by atoms with van der Waals surface area (Å²) >= 11 is 0. The van der Waals surface area contributed by atoms with E-state index in [1.165, 1.54) is 12.8 Å². The Morgan fingerprint density at radius 2 is 1.93 bits per heavy atom. The molecular formula is C11H24N2O. The van der Waals surface area contributed by atoms with Gasteiger partial charge in [0.05, 0.1) is 0 Å². The van der Waals surface area contributed by atoms with Gasteiger partial charge in [0.15, 0.2) is 0 Å². The van der Waals surface area contributed by atoms with Gasteiger partial charge in [0.1, 0.15) is 0 Å². The second-order valence-corrected chi connectivity index (χ2v) is 4.41. The minimum atomic E-state index is 0.575. The number of ether oxygens (including phenoxy) is 1. The van der Waals surface area contributed by atoms with E-state index in [0.29, 0.717) is 12.1 Å². The van der Waals surface area contributed by atoms with Crippen LogP contribution in [0.2, 0.25) is 0 Å². The van der Waals surface area contributed by atoms with Crippen molar-refractivity contribution < 1.29 is 4.74 Å². The van der Waals surface area contributed by atoms with Crippen LogP contribution in [0.1, 0.15) is 26.7 Å². The van der Waals surface area contributed by atoms with E-state index in [9.17, 15) is 0 Å². The molecule has 0 amide bonds. The zero-order chi connectivity index (χ0) is 10.4. The molecule has 1 atom stereocenters.